The molecule has 0 atom stereocenters. The van der Waals surface area contributed by atoms with Crippen molar-refractivity contribution in [2.45, 2.75) is 24.0 Å². The van der Waals surface area contributed by atoms with Crippen molar-refractivity contribution in [3.05, 3.63) is 16.5 Å². The Kier molecular flexibility index (Phi) is 3.47. The fourth-order valence-corrected chi connectivity index (χ4v) is 3.94. The largest absolute Gasteiger partial charge is 0.462 e. The summed E-state index contributed by atoms with van der Waals surface area (Å²) in [5.74, 6) is 0.00587. The number of carbonyl (C=O) groups excluding carboxylic acids is 1. The molecule has 1 fully saturated rings. The highest BCUT2D eigenvalue weighted by molar-refractivity contribution is 8.15. The third-order valence-corrected chi connectivity index (χ3v) is 5.89. The number of thiophene rings is 1. The summed E-state index contributed by atoms with van der Waals surface area (Å²) in [7, 11) is 1.47. The van der Waals surface area contributed by atoms with Gasteiger partial charge in [0.15, 0.2) is 0 Å². The standard InChI is InChI=1S/C10H11ClO4S2/c1-6-8(5-16-10(6)17(11,13)14)9(12)15-4-7-2-3-7/h5,7H,2-4H2,1H3. The molecule has 0 radical (unpaired) electrons. The molecule has 0 saturated heterocycles. The van der Waals surface area contributed by atoms with Crippen molar-refractivity contribution in [1.82, 2.24) is 0 Å². The molecule has 94 valence electrons. The van der Waals surface area contributed by atoms with Gasteiger partial charge in [-0.2, -0.15) is 0 Å². The van der Waals surface area contributed by atoms with Crippen molar-refractivity contribution in [2.75, 3.05) is 6.61 Å². The van der Waals surface area contributed by atoms with Gasteiger partial charge in [0, 0.05) is 16.1 Å². The van der Waals surface area contributed by atoms with E-state index < -0.39 is 15.0 Å². The van der Waals surface area contributed by atoms with E-state index >= 15 is 0 Å². The van der Waals surface area contributed by atoms with Crippen LogP contribution >= 0.6 is 22.0 Å². The van der Waals surface area contributed by atoms with Crippen molar-refractivity contribution in [1.29, 1.82) is 0 Å². The summed E-state index contributed by atoms with van der Waals surface area (Å²) >= 11 is 0.941. The first-order chi connectivity index (χ1) is 7.89. The summed E-state index contributed by atoms with van der Waals surface area (Å²) in [5, 5.41) is 1.47. The summed E-state index contributed by atoms with van der Waals surface area (Å²) in [4.78, 5) is 11.7. The van der Waals surface area contributed by atoms with E-state index in [0.29, 0.717) is 18.1 Å². The Labute approximate surface area is 108 Å². The summed E-state index contributed by atoms with van der Waals surface area (Å²) < 4.78 is 27.5. The van der Waals surface area contributed by atoms with Gasteiger partial charge in [0.25, 0.3) is 9.05 Å². The van der Waals surface area contributed by atoms with E-state index in [4.69, 9.17) is 15.4 Å². The van der Waals surface area contributed by atoms with Crippen molar-refractivity contribution in [3.63, 3.8) is 0 Å². The molecule has 2 rings (SSSR count). The lowest BCUT2D eigenvalue weighted by molar-refractivity contribution is 0.0486. The SMILES string of the molecule is Cc1c(C(=O)OCC2CC2)csc1S(=O)(=O)Cl. The van der Waals surface area contributed by atoms with Crippen LogP contribution in [0.25, 0.3) is 0 Å². The van der Waals surface area contributed by atoms with Crippen LogP contribution in [-0.2, 0) is 13.8 Å². The Hall–Kier alpha value is -0.590. The van der Waals surface area contributed by atoms with Gasteiger partial charge in [-0.15, -0.1) is 11.3 Å². The predicted molar refractivity (Wildman–Crippen MR) is 65.1 cm³/mol. The second-order valence-corrected chi connectivity index (χ2v) is 7.68. The van der Waals surface area contributed by atoms with Crippen LogP contribution in [0.2, 0.25) is 0 Å². The minimum atomic E-state index is -3.78. The molecule has 0 bridgehead atoms. The van der Waals surface area contributed by atoms with Gasteiger partial charge in [-0.25, -0.2) is 13.2 Å². The summed E-state index contributed by atoms with van der Waals surface area (Å²) in [6.45, 7) is 1.97. The van der Waals surface area contributed by atoms with Gasteiger partial charge in [0.1, 0.15) is 4.21 Å². The van der Waals surface area contributed by atoms with Gasteiger partial charge < -0.3 is 4.74 Å². The summed E-state index contributed by atoms with van der Waals surface area (Å²) in [5.41, 5.74) is 0.653. The van der Waals surface area contributed by atoms with Crippen LogP contribution in [-0.4, -0.2) is 21.0 Å². The number of carbonyl (C=O) groups is 1. The average Bonchev–Trinajstić information content (AvgIpc) is 2.95. The lowest BCUT2D eigenvalue weighted by Crippen LogP contribution is -2.08. The average molecular weight is 295 g/mol. The van der Waals surface area contributed by atoms with E-state index in [1.807, 2.05) is 0 Å². The number of rotatable bonds is 4. The Balaban J connectivity index is 2.15. The molecule has 4 nitrogen and oxygen atoms in total. The topological polar surface area (TPSA) is 60.4 Å². The maximum atomic E-state index is 11.7. The maximum Gasteiger partial charge on any atom is 0.339 e. The fourth-order valence-electron chi connectivity index (χ4n) is 1.40. The molecule has 1 aliphatic carbocycles. The molecule has 1 heterocycles. The molecule has 1 aromatic heterocycles. The van der Waals surface area contributed by atoms with E-state index in [-0.39, 0.29) is 9.77 Å². The molecular weight excluding hydrogens is 284 g/mol. The normalized spacial score (nSPS) is 15.9. The van der Waals surface area contributed by atoms with Gasteiger partial charge in [0.05, 0.1) is 12.2 Å². The Morgan fingerprint density at radius 1 is 1.59 bits per heavy atom. The highest BCUT2D eigenvalue weighted by Gasteiger charge is 2.26. The molecule has 0 aromatic carbocycles. The van der Waals surface area contributed by atoms with Crippen LogP contribution in [0.15, 0.2) is 9.59 Å². The third-order valence-electron chi connectivity index (χ3n) is 2.58. The van der Waals surface area contributed by atoms with E-state index in [0.717, 1.165) is 24.2 Å². The zero-order valence-electron chi connectivity index (χ0n) is 9.10. The molecular formula is C10H11ClO4S2. The van der Waals surface area contributed by atoms with Crippen molar-refractivity contribution in [3.8, 4) is 0 Å². The lowest BCUT2D eigenvalue weighted by atomic mass is 10.2. The predicted octanol–water partition coefficient (Wildman–Crippen LogP) is 2.55. The van der Waals surface area contributed by atoms with Crippen molar-refractivity contribution >= 4 is 37.0 Å². The molecule has 0 spiro atoms. The third kappa shape index (κ3) is 3.00. The molecule has 17 heavy (non-hydrogen) atoms. The van der Waals surface area contributed by atoms with Crippen LogP contribution in [0.5, 0.6) is 0 Å². The first kappa shape index (κ1) is 12.9. The number of hydrogen-bond donors (Lipinski definition) is 0. The lowest BCUT2D eigenvalue weighted by Gasteiger charge is -2.02. The number of halogens is 1. The smallest absolute Gasteiger partial charge is 0.339 e. The van der Waals surface area contributed by atoms with Gasteiger partial charge >= 0.3 is 5.97 Å². The fraction of sp³-hybridized carbons (Fsp3) is 0.500. The molecule has 0 aliphatic heterocycles. The molecule has 0 amide bonds. The van der Waals surface area contributed by atoms with E-state index in [2.05, 4.69) is 0 Å². The first-order valence-electron chi connectivity index (χ1n) is 5.09. The number of esters is 1. The van der Waals surface area contributed by atoms with Crippen molar-refractivity contribution in [2.24, 2.45) is 5.92 Å². The zero-order chi connectivity index (χ0) is 12.6. The summed E-state index contributed by atoms with van der Waals surface area (Å²) in [6, 6.07) is 0. The quantitative estimate of drug-likeness (QED) is 0.632. The van der Waals surface area contributed by atoms with Gasteiger partial charge in [-0.05, 0) is 31.2 Å². The Morgan fingerprint density at radius 2 is 2.24 bits per heavy atom. The molecule has 0 N–H and O–H groups in total. The van der Waals surface area contributed by atoms with Crippen LogP contribution in [0, 0.1) is 12.8 Å². The Morgan fingerprint density at radius 3 is 2.71 bits per heavy atom. The van der Waals surface area contributed by atoms with Gasteiger partial charge in [-0.1, -0.05) is 0 Å². The minimum Gasteiger partial charge on any atom is -0.462 e. The summed E-state index contributed by atoms with van der Waals surface area (Å²) in [6.07, 6.45) is 2.19. The second-order valence-electron chi connectivity index (χ2n) is 4.04. The maximum absolute atomic E-state index is 11.7. The molecule has 0 unspecified atom stereocenters. The molecule has 1 aliphatic rings. The monoisotopic (exact) mass is 294 g/mol. The molecule has 1 saturated carbocycles. The number of hydrogen-bond acceptors (Lipinski definition) is 5. The highest BCUT2D eigenvalue weighted by Crippen LogP contribution is 2.31. The van der Waals surface area contributed by atoms with E-state index in [9.17, 15) is 13.2 Å². The molecule has 1 aromatic rings. The minimum absolute atomic E-state index is 0.0116. The van der Waals surface area contributed by atoms with E-state index in [1.54, 1.807) is 6.92 Å². The second kappa shape index (κ2) is 4.59. The van der Waals surface area contributed by atoms with Gasteiger partial charge in [0.2, 0.25) is 0 Å². The van der Waals surface area contributed by atoms with Gasteiger partial charge in [-0.3, -0.25) is 0 Å². The highest BCUT2D eigenvalue weighted by atomic mass is 35.7. The number of ether oxygens (including phenoxy) is 1. The van der Waals surface area contributed by atoms with Crippen molar-refractivity contribution < 1.29 is 17.9 Å². The van der Waals surface area contributed by atoms with E-state index in [1.165, 1.54) is 5.38 Å². The Bertz CT molecular complexity index is 543. The van der Waals surface area contributed by atoms with Crippen LogP contribution in [0.1, 0.15) is 28.8 Å². The first-order valence-corrected chi connectivity index (χ1v) is 8.28. The molecule has 7 heteroatoms. The van der Waals surface area contributed by atoms with Crippen LogP contribution < -0.4 is 0 Å². The van der Waals surface area contributed by atoms with Crippen LogP contribution in [0.3, 0.4) is 0 Å². The van der Waals surface area contributed by atoms with Crippen LogP contribution in [0.4, 0.5) is 0 Å². The zero-order valence-corrected chi connectivity index (χ0v) is 11.5.